The molecule has 1 aromatic heterocycles. The summed E-state index contributed by atoms with van der Waals surface area (Å²) >= 11 is 6.21. The molecular formula is C13H17ClIN5. The van der Waals surface area contributed by atoms with Gasteiger partial charge in [0.2, 0.25) is 0 Å². The molecule has 0 unspecified atom stereocenters. The Bertz CT molecular complexity index is 651. The second-order valence-electron chi connectivity index (χ2n) is 4.68. The second kappa shape index (κ2) is 6.17. The van der Waals surface area contributed by atoms with E-state index < -0.39 is 0 Å². The van der Waals surface area contributed by atoms with Gasteiger partial charge >= 0.3 is 0 Å². The Labute approximate surface area is 140 Å². The largest absolute Gasteiger partial charge is 0.349 e. The Balaban J connectivity index is 0.00000147. The van der Waals surface area contributed by atoms with Crippen LogP contribution in [0.5, 0.6) is 0 Å². The van der Waals surface area contributed by atoms with Gasteiger partial charge < -0.3 is 14.8 Å². The molecule has 0 amide bonds. The topological polar surface area (TPSA) is 45.4 Å². The molecule has 0 fully saturated rings. The first-order valence-corrected chi connectivity index (χ1v) is 6.64. The Hall–Kier alpha value is -1.02. The molecule has 0 saturated carbocycles. The van der Waals surface area contributed by atoms with Crippen molar-refractivity contribution in [3.63, 3.8) is 0 Å². The summed E-state index contributed by atoms with van der Waals surface area (Å²) < 4.78 is 2.03. The van der Waals surface area contributed by atoms with Crippen LogP contribution >= 0.6 is 35.6 Å². The summed E-state index contributed by atoms with van der Waals surface area (Å²) in [5.41, 5.74) is 1.90. The number of aromatic nitrogens is 2. The minimum atomic E-state index is 0. The Morgan fingerprint density at radius 1 is 1.35 bits per heavy atom. The van der Waals surface area contributed by atoms with Gasteiger partial charge in [-0.25, -0.2) is 4.98 Å². The number of likely N-dealkylation sites (N-methyl/N-ethyl adjacent to an activating group) is 1. The van der Waals surface area contributed by atoms with Gasteiger partial charge in [-0.15, -0.1) is 24.0 Å². The maximum Gasteiger partial charge on any atom is 0.194 e. The Morgan fingerprint density at radius 2 is 2.15 bits per heavy atom. The van der Waals surface area contributed by atoms with E-state index >= 15 is 0 Å². The predicted octanol–water partition coefficient (Wildman–Crippen LogP) is 2.24. The number of aryl methyl sites for hydroxylation is 1. The van der Waals surface area contributed by atoms with Crippen molar-refractivity contribution in [2.75, 3.05) is 20.1 Å². The summed E-state index contributed by atoms with van der Waals surface area (Å²) in [7, 11) is 4.02. The fourth-order valence-electron chi connectivity index (χ4n) is 2.31. The summed E-state index contributed by atoms with van der Waals surface area (Å²) in [5.74, 6) is 1.88. The Morgan fingerprint density at radius 3 is 2.80 bits per heavy atom. The SMILES string of the molecule is CN1CCN=C1NCc1nc2cccc(Cl)c2n1C.I. The number of hydrogen-bond acceptors (Lipinski definition) is 4. The second-order valence-corrected chi connectivity index (χ2v) is 5.08. The molecule has 108 valence electrons. The molecule has 0 saturated heterocycles. The highest BCUT2D eigenvalue weighted by molar-refractivity contribution is 14.0. The summed E-state index contributed by atoms with van der Waals surface area (Å²) in [6.45, 7) is 2.47. The van der Waals surface area contributed by atoms with Crippen molar-refractivity contribution in [3.05, 3.63) is 29.0 Å². The van der Waals surface area contributed by atoms with Crippen LogP contribution < -0.4 is 5.32 Å². The number of guanidine groups is 1. The third-order valence-corrected chi connectivity index (χ3v) is 3.71. The quantitative estimate of drug-likeness (QED) is 0.780. The molecule has 0 aliphatic carbocycles. The van der Waals surface area contributed by atoms with Gasteiger partial charge in [0, 0.05) is 20.6 Å². The lowest BCUT2D eigenvalue weighted by Gasteiger charge is -2.14. The number of fused-ring (bicyclic) bond motifs is 1. The van der Waals surface area contributed by atoms with Crippen LogP contribution in [0.4, 0.5) is 0 Å². The number of nitrogens with zero attached hydrogens (tertiary/aromatic N) is 4. The summed E-state index contributed by atoms with van der Waals surface area (Å²) in [4.78, 5) is 11.1. The lowest BCUT2D eigenvalue weighted by molar-refractivity contribution is 0.531. The van der Waals surface area contributed by atoms with Gasteiger partial charge in [-0.1, -0.05) is 17.7 Å². The van der Waals surface area contributed by atoms with Gasteiger partial charge in [-0.2, -0.15) is 0 Å². The van der Waals surface area contributed by atoms with Gasteiger partial charge in [0.1, 0.15) is 5.82 Å². The van der Waals surface area contributed by atoms with Gasteiger partial charge in [0.05, 0.1) is 29.1 Å². The van der Waals surface area contributed by atoms with Crippen LogP contribution in [0.25, 0.3) is 11.0 Å². The molecule has 0 bridgehead atoms. The molecule has 1 aliphatic heterocycles. The fraction of sp³-hybridized carbons (Fsp3) is 0.385. The van der Waals surface area contributed by atoms with Gasteiger partial charge in [-0.05, 0) is 12.1 Å². The van der Waals surface area contributed by atoms with Crippen molar-refractivity contribution >= 4 is 52.6 Å². The van der Waals surface area contributed by atoms with Crippen molar-refractivity contribution in [1.29, 1.82) is 0 Å². The monoisotopic (exact) mass is 405 g/mol. The predicted molar refractivity (Wildman–Crippen MR) is 92.9 cm³/mol. The van der Waals surface area contributed by atoms with Gasteiger partial charge in [-0.3, -0.25) is 4.99 Å². The molecule has 0 spiro atoms. The Kier molecular flexibility index (Phi) is 4.74. The minimum absolute atomic E-state index is 0. The van der Waals surface area contributed by atoms with E-state index in [9.17, 15) is 0 Å². The minimum Gasteiger partial charge on any atom is -0.349 e. The fourth-order valence-corrected chi connectivity index (χ4v) is 2.61. The van der Waals surface area contributed by atoms with Crippen molar-refractivity contribution < 1.29 is 0 Å². The van der Waals surface area contributed by atoms with E-state index in [-0.39, 0.29) is 24.0 Å². The van der Waals surface area contributed by atoms with Crippen molar-refractivity contribution in [2.45, 2.75) is 6.54 Å². The number of rotatable bonds is 2. The summed E-state index contributed by atoms with van der Waals surface area (Å²) in [6, 6.07) is 5.78. The lowest BCUT2D eigenvalue weighted by Crippen LogP contribution is -2.35. The summed E-state index contributed by atoms with van der Waals surface area (Å²) in [5, 5.41) is 4.05. The summed E-state index contributed by atoms with van der Waals surface area (Å²) in [6.07, 6.45) is 0. The molecule has 0 atom stereocenters. The van der Waals surface area contributed by atoms with E-state index in [0.29, 0.717) is 6.54 Å². The van der Waals surface area contributed by atoms with Crippen LogP contribution in [0.1, 0.15) is 5.82 Å². The lowest BCUT2D eigenvalue weighted by atomic mass is 10.3. The van der Waals surface area contributed by atoms with Crippen LogP contribution in [0.3, 0.4) is 0 Å². The van der Waals surface area contributed by atoms with E-state index in [4.69, 9.17) is 11.6 Å². The number of halogens is 2. The molecule has 2 aromatic rings. The van der Waals surface area contributed by atoms with Crippen LogP contribution in [0.15, 0.2) is 23.2 Å². The molecule has 2 heterocycles. The molecule has 7 heteroatoms. The molecular weight excluding hydrogens is 389 g/mol. The highest BCUT2D eigenvalue weighted by atomic mass is 127. The van der Waals surface area contributed by atoms with Gasteiger partial charge in [0.15, 0.2) is 5.96 Å². The molecule has 1 aliphatic rings. The van der Waals surface area contributed by atoms with Crippen molar-refractivity contribution in [1.82, 2.24) is 19.8 Å². The number of nitrogens with one attached hydrogen (secondary N) is 1. The maximum atomic E-state index is 6.21. The average Bonchev–Trinajstić information content (AvgIpc) is 2.92. The maximum absolute atomic E-state index is 6.21. The molecule has 1 N–H and O–H groups in total. The zero-order chi connectivity index (χ0) is 13.4. The van der Waals surface area contributed by atoms with Crippen LogP contribution in [0.2, 0.25) is 5.02 Å². The first-order chi connectivity index (χ1) is 9.16. The third-order valence-electron chi connectivity index (χ3n) is 3.40. The van der Waals surface area contributed by atoms with Crippen LogP contribution in [0, 0.1) is 0 Å². The van der Waals surface area contributed by atoms with Crippen LogP contribution in [-0.2, 0) is 13.6 Å². The van der Waals surface area contributed by atoms with E-state index in [1.54, 1.807) is 0 Å². The van der Waals surface area contributed by atoms with E-state index in [2.05, 4.69) is 20.2 Å². The number of aliphatic imine (C=N–C) groups is 1. The molecule has 0 radical (unpaired) electrons. The van der Waals surface area contributed by atoms with E-state index in [1.807, 2.05) is 36.9 Å². The first-order valence-electron chi connectivity index (χ1n) is 6.26. The van der Waals surface area contributed by atoms with Crippen molar-refractivity contribution in [2.24, 2.45) is 12.0 Å². The number of hydrogen-bond donors (Lipinski definition) is 1. The average molecular weight is 406 g/mol. The smallest absolute Gasteiger partial charge is 0.194 e. The first kappa shape index (κ1) is 15.4. The number of imidazole rings is 1. The molecule has 20 heavy (non-hydrogen) atoms. The zero-order valence-corrected chi connectivity index (χ0v) is 14.5. The van der Waals surface area contributed by atoms with E-state index in [0.717, 1.165) is 40.9 Å². The highest BCUT2D eigenvalue weighted by Gasteiger charge is 2.14. The van der Waals surface area contributed by atoms with Crippen LogP contribution in [-0.4, -0.2) is 40.5 Å². The molecule has 1 aromatic carbocycles. The van der Waals surface area contributed by atoms with E-state index in [1.165, 1.54) is 0 Å². The molecule has 5 nitrogen and oxygen atoms in total. The number of para-hydroxylation sites is 1. The molecule has 3 rings (SSSR count). The normalized spacial score (nSPS) is 14.3. The third kappa shape index (κ3) is 2.71. The van der Waals surface area contributed by atoms with Crippen molar-refractivity contribution in [3.8, 4) is 0 Å². The highest BCUT2D eigenvalue weighted by Crippen LogP contribution is 2.23. The number of benzene rings is 1. The standard InChI is InChI=1S/C13H16ClN5.HI/c1-18-7-6-15-13(18)16-8-11-17-10-5-3-4-9(14)12(10)19(11)2;/h3-5H,6-8H2,1-2H3,(H,15,16);1H. The zero-order valence-electron chi connectivity index (χ0n) is 11.4. The van der Waals surface area contributed by atoms with Gasteiger partial charge in [0.25, 0.3) is 0 Å².